The Kier molecular flexibility index (Phi) is 8.04. The molecule has 1 saturated heterocycles. The normalized spacial score (nSPS) is 18.3. The van der Waals surface area contributed by atoms with Gasteiger partial charge in [-0.25, -0.2) is 0 Å². The summed E-state index contributed by atoms with van der Waals surface area (Å²) in [6, 6.07) is 8.03. The van der Waals surface area contributed by atoms with Gasteiger partial charge in [-0.2, -0.15) is 0 Å². The van der Waals surface area contributed by atoms with Gasteiger partial charge in [0.25, 0.3) is 0 Å². The number of nitrogens with one attached hydrogen (secondary N) is 2. The van der Waals surface area contributed by atoms with Crippen molar-refractivity contribution in [1.82, 2.24) is 15.5 Å². The quantitative estimate of drug-likeness (QED) is 0.838. The Morgan fingerprint density at radius 1 is 1.38 bits per heavy atom. The molecule has 0 aromatic heterocycles. The number of hydrogen-bond acceptors (Lipinski definition) is 3. The summed E-state index contributed by atoms with van der Waals surface area (Å²) in [7, 11) is 1.96. The minimum absolute atomic E-state index is 0. The third kappa shape index (κ3) is 5.83. The SMILES string of the molecule is CNCC1CCCN1CC(=O)NCc1ccc(Cl)cc1.Cl. The highest BCUT2D eigenvalue weighted by atomic mass is 35.5. The van der Waals surface area contributed by atoms with E-state index in [9.17, 15) is 4.79 Å². The molecule has 1 amide bonds. The highest BCUT2D eigenvalue weighted by Crippen LogP contribution is 2.15. The Hall–Kier alpha value is -0.810. The summed E-state index contributed by atoms with van der Waals surface area (Å²) >= 11 is 5.83. The Bertz CT molecular complexity index is 439. The van der Waals surface area contributed by atoms with Gasteiger partial charge in [0.2, 0.25) is 5.91 Å². The topological polar surface area (TPSA) is 44.4 Å². The van der Waals surface area contributed by atoms with E-state index >= 15 is 0 Å². The molecule has 6 heteroatoms. The number of hydrogen-bond donors (Lipinski definition) is 2. The van der Waals surface area contributed by atoms with Crippen molar-refractivity contribution >= 4 is 29.9 Å². The highest BCUT2D eigenvalue weighted by molar-refractivity contribution is 6.30. The molecule has 21 heavy (non-hydrogen) atoms. The summed E-state index contributed by atoms with van der Waals surface area (Å²) in [4.78, 5) is 14.2. The molecule has 0 spiro atoms. The summed E-state index contributed by atoms with van der Waals surface area (Å²) in [6.45, 7) is 3.01. The summed E-state index contributed by atoms with van der Waals surface area (Å²) in [5, 5.41) is 6.87. The lowest BCUT2D eigenvalue weighted by Gasteiger charge is -2.23. The first-order valence-corrected chi connectivity index (χ1v) is 7.46. The van der Waals surface area contributed by atoms with E-state index < -0.39 is 0 Å². The number of halogens is 2. The summed E-state index contributed by atoms with van der Waals surface area (Å²) < 4.78 is 0. The lowest BCUT2D eigenvalue weighted by Crippen LogP contribution is -2.43. The largest absolute Gasteiger partial charge is 0.351 e. The first-order valence-electron chi connectivity index (χ1n) is 7.09. The van der Waals surface area contributed by atoms with Crippen LogP contribution < -0.4 is 10.6 Å². The predicted octanol–water partition coefficient (Wildman–Crippen LogP) is 2.06. The van der Waals surface area contributed by atoms with Crippen molar-refractivity contribution in [3.63, 3.8) is 0 Å². The molecule has 4 nitrogen and oxygen atoms in total. The van der Waals surface area contributed by atoms with E-state index in [1.54, 1.807) is 0 Å². The number of likely N-dealkylation sites (tertiary alicyclic amines) is 1. The van der Waals surface area contributed by atoms with Crippen LogP contribution in [0.4, 0.5) is 0 Å². The van der Waals surface area contributed by atoms with Gasteiger partial charge in [0.15, 0.2) is 0 Å². The summed E-state index contributed by atoms with van der Waals surface area (Å²) in [6.07, 6.45) is 2.35. The molecule has 1 aliphatic rings. The molecular formula is C15H23Cl2N3O. The molecule has 1 aromatic rings. The highest BCUT2D eigenvalue weighted by Gasteiger charge is 2.25. The predicted molar refractivity (Wildman–Crippen MR) is 89.1 cm³/mol. The standard InChI is InChI=1S/C15H22ClN3O.ClH/c1-17-10-14-3-2-8-19(14)11-15(20)18-9-12-4-6-13(16)7-5-12;/h4-7,14,17H,2-3,8-11H2,1H3,(H,18,20);1H. The average molecular weight is 332 g/mol. The monoisotopic (exact) mass is 331 g/mol. The van der Waals surface area contributed by atoms with Crippen LogP contribution in [-0.4, -0.2) is 43.5 Å². The van der Waals surface area contributed by atoms with Gasteiger partial charge < -0.3 is 10.6 Å². The molecule has 1 fully saturated rings. The van der Waals surface area contributed by atoms with E-state index in [0.717, 1.165) is 18.7 Å². The molecule has 2 N–H and O–H groups in total. The second-order valence-corrected chi connectivity index (χ2v) is 5.66. The number of rotatable bonds is 6. The fraction of sp³-hybridized carbons (Fsp3) is 0.533. The minimum Gasteiger partial charge on any atom is -0.351 e. The molecule has 0 saturated carbocycles. The number of nitrogens with zero attached hydrogens (tertiary/aromatic N) is 1. The summed E-state index contributed by atoms with van der Waals surface area (Å²) in [5.74, 6) is 0.0861. The van der Waals surface area contributed by atoms with Crippen LogP contribution in [0.5, 0.6) is 0 Å². The van der Waals surface area contributed by atoms with E-state index in [4.69, 9.17) is 11.6 Å². The van der Waals surface area contributed by atoms with Crippen LogP contribution >= 0.6 is 24.0 Å². The molecule has 1 heterocycles. The zero-order valence-corrected chi connectivity index (χ0v) is 13.8. The zero-order chi connectivity index (χ0) is 14.4. The first kappa shape index (κ1) is 18.2. The fourth-order valence-electron chi connectivity index (χ4n) is 2.61. The second-order valence-electron chi connectivity index (χ2n) is 5.23. The number of likely N-dealkylation sites (N-methyl/N-ethyl adjacent to an activating group) is 1. The fourth-order valence-corrected chi connectivity index (χ4v) is 2.74. The van der Waals surface area contributed by atoms with Crippen molar-refractivity contribution in [3.05, 3.63) is 34.9 Å². The van der Waals surface area contributed by atoms with E-state index in [1.807, 2.05) is 31.3 Å². The smallest absolute Gasteiger partial charge is 0.234 e. The van der Waals surface area contributed by atoms with Gasteiger partial charge >= 0.3 is 0 Å². The average Bonchev–Trinajstić information content (AvgIpc) is 2.86. The zero-order valence-electron chi connectivity index (χ0n) is 12.3. The van der Waals surface area contributed by atoms with Crippen molar-refractivity contribution in [2.75, 3.05) is 26.7 Å². The van der Waals surface area contributed by atoms with Crippen LogP contribution in [0, 0.1) is 0 Å². The molecule has 2 rings (SSSR count). The van der Waals surface area contributed by atoms with E-state index in [0.29, 0.717) is 24.2 Å². The molecule has 1 aromatic carbocycles. The Labute approximate surface area is 137 Å². The molecule has 0 radical (unpaired) electrons. The van der Waals surface area contributed by atoms with Crippen molar-refractivity contribution in [2.45, 2.75) is 25.4 Å². The van der Waals surface area contributed by atoms with Gasteiger partial charge in [-0.05, 0) is 44.1 Å². The maximum absolute atomic E-state index is 12.0. The first-order chi connectivity index (χ1) is 9.69. The molecule has 118 valence electrons. The number of carbonyl (C=O) groups is 1. The molecule has 0 bridgehead atoms. The van der Waals surface area contributed by atoms with Gasteiger partial charge in [0.1, 0.15) is 0 Å². The van der Waals surface area contributed by atoms with Crippen LogP contribution in [0.25, 0.3) is 0 Å². The van der Waals surface area contributed by atoms with Crippen molar-refractivity contribution in [1.29, 1.82) is 0 Å². The lowest BCUT2D eigenvalue weighted by atomic mass is 10.2. The van der Waals surface area contributed by atoms with E-state index in [2.05, 4.69) is 15.5 Å². The second kappa shape index (κ2) is 9.26. The lowest BCUT2D eigenvalue weighted by molar-refractivity contribution is -0.122. The molecule has 1 atom stereocenters. The van der Waals surface area contributed by atoms with Gasteiger partial charge in [0, 0.05) is 24.2 Å². The summed E-state index contributed by atoms with van der Waals surface area (Å²) in [5.41, 5.74) is 1.07. The number of benzene rings is 1. The molecule has 1 unspecified atom stereocenters. The molecule has 1 aliphatic heterocycles. The van der Waals surface area contributed by atoms with Crippen LogP contribution in [-0.2, 0) is 11.3 Å². The van der Waals surface area contributed by atoms with Gasteiger partial charge in [0.05, 0.1) is 6.54 Å². The van der Waals surface area contributed by atoms with Gasteiger partial charge in [-0.3, -0.25) is 9.69 Å². The molecular weight excluding hydrogens is 309 g/mol. The van der Waals surface area contributed by atoms with Crippen LogP contribution in [0.15, 0.2) is 24.3 Å². The Morgan fingerprint density at radius 2 is 2.10 bits per heavy atom. The maximum atomic E-state index is 12.0. The van der Waals surface area contributed by atoms with Crippen LogP contribution in [0.3, 0.4) is 0 Å². The van der Waals surface area contributed by atoms with Crippen molar-refractivity contribution in [3.8, 4) is 0 Å². The van der Waals surface area contributed by atoms with Crippen molar-refractivity contribution < 1.29 is 4.79 Å². The van der Waals surface area contributed by atoms with Crippen LogP contribution in [0.1, 0.15) is 18.4 Å². The number of amides is 1. The van der Waals surface area contributed by atoms with Gasteiger partial charge in [-0.1, -0.05) is 23.7 Å². The van der Waals surface area contributed by atoms with Crippen LogP contribution in [0.2, 0.25) is 5.02 Å². The van der Waals surface area contributed by atoms with E-state index in [-0.39, 0.29) is 18.3 Å². The third-order valence-electron chi connectivity index (χ3n) is 3.69. The Balaban J connectivity index is 0.00000220. The molecule has 0 aliphatic carbocycles. The Morgan fingerprint density at radius 3 is 2.76 bits per heavy atom. The maximum Gasteiger partial charge on any atom is 0.234 e. The van der Waals surface area contributed by atoms with E-state index in [1.165, 1.54) is 12.8 Å². The van der Waals surface area contributed by atoms with Crippen molar-refractivity contribution in [2.24, 2.45) is 0 Å². The minimum atomic E-state index is 0. The third-order valence-corrected chi connectivity index (χ3v) is 3.94. The van der Waals surface area contributed by atoms with Gasteiger partial charge in [-0.15, -0.1) is 12.4 Å². The number of carbonyl (C=O) groups excluding carboxylic acids is 1.